The molecule has 4 nitrogen and oxygen atoms in total. The van der Waals surface area contributed by atoms with Gasteiger partial charge in [0.1, 0.15) is 11.3 Å². The number of hydrogen-bond donors (Lipinski definition) is 0. The molecule has 1 aromatic carbocycles. The number of amides is 1. The van der Waals surface area contributed by atoms with E-state index in [2.05, 4.69) is 43.0 Å². The van der Waals surface area contributed by atoms with Crippen LogP contribution in [-0.4, -0.2) is 35.0 Å². The van der Waals surface area contributed by atoms with E-state index in [-0.39, 0.29) is 12.1 Å². The fourth-order valence-corrected chi connectivity index (χ4v) is 3.32. The van der Waals surface area contributed by atoms with E-state index in [9.17, 15) is 4.79 Å². The first-order valence-electron chi connectivity index (χ1n) is 10.4. The van der Waals surface area contributed by atoms with Gasteiger partial charge >= 0.3 is 6.09 Å². The van der Waals surface area contributed by atoms with E-state index in [1.807, 2.05) is 34.6 Å². The van der Waals surface area contributed by atoms with Crippen molar-refractivity contribution in [1.29, 1.82) is 0 Å². The zero-order valence-electron chi connectivity index (χ0n) is 18.3. The topological polar surface area (TPSA) is 38.8 Å². The molecule has 0 aliphatic carbocycles. The van der Waals surface area contributed by atoms with E-state index in [0.29, 0.717) is 13.0 Å². The van der Waals surface area contributed by atoms with Gasteiger partial charge in [-0.25, -0.2) is 4.79 Å². The molecule has 1 aromatic rings. The van der Waals surface area contributed by atoms with Crippen LogP contribution in [0, 0.1) is 11.8 Å². The average Bonchev–Trinajstić information content (AvgIpc) is 2.89. The number of benzene rings is 1. The number of rotatable bonds is 5. The predicted octanol–water partition coefficient (Wildman–Crippen LogP) is 5.53. The Morgan fingerprint density at radius 3 is 2.54 bits per heavy atom. The van der Waals surface area contributed by atoms with Crippen molar-refractivity contribution in [2.45, 2.75) is 91.0 Å². The second-order valence-corrected chi connectivity index (χ2v) is 8.92. The summed E-state index contributed by atoms with van der Waals surface area (Å²) < 4.78 is 11.4. The van der Waals surface area contributed by atoms with E-state index in [0.717, 1.165) is 12.0 Å². The van der Waals surface area contributed by atoms with Gasteiger partial charge in [-0.3, -0.25) is 4.90 Å². The maximum absolute atomic E-state index is 12.6. The summed E-state index contributed by atoms with van der Waals surface area (Å²) in [4.78, 5) is 14.3. The Morgan fingerprint density at radius 1 is 1.25 bits per heavy atom. The molecule has 1 atom stereocenters. The Bertz CT molecular complexity index is 704. The van der Waals surface area contributed by atoms with Crippen LogP contribution in [0.15, 0.2) is 24.3 Å². The quantitative estimate of drug-likeness (QED) is 0.494. The largest absolute Gasteiger partial charge is 0.444 e. The molecule has 1 amide bonds. The monoisotopic (exact) mass is 385 g/mol. The van der Waals surface area contributed by atoms with E-state index < -0.39 is 11.3 Å². The van der Waals surface area contributed by atoms with Crippen LogP contribution in [0.1, 0.15) is 78.4 Å². The highest BCUT2D eigenvalue weighted by Gasteiger charge is 2.45. The zero-order valence-corrected chi connectivity index (χ0v) is 18.3. The Balaban J connectivity index is 1.98. The molecule has 0 radical (unpaired) electrons. The highest BCUT2D eigenvalue weighted by molar-refractivity contribution is 5.69. The summed E-state index contributed by atoms with van der Waals surface area (Å²) in [6.45, 7) is 12.1. The van der Waals surface area contributed by atoms with Gasteiger partial charge in [0.15, 0.2) is 0 Å². The van der Waals surface area contributed by atoms with Crippen LogP contribution in [0.4, 0.5) is 4.79 Å². The lowest BCUT2D eigenvalue weighted by Gasteiger charge is -2.34. The molecule has 0 bridgehead atoms. The molecule has 1 saturated heterocycles. The minimum absolute atomic E-state index is 0.106. The summed E-state index contributed by atoms with van der Waals surface area (Å²) in [7, 11) is 0. The van der Waals surface area contributed by atoms with E-state index in [4.69, 9.17) is 9.47 Å². The maximum Gasteiger partial charge on any atom is 0.412 e. The van der Waals surface area contributed by atoms with Gasteiger partial charge in [-0.2, -0.15) is 0 Å². The molecular weight excluding hydrogens is 350 g/mol. The van der Waals surface area contributed by atoms with Gasteiger partial charge in [-0.15, -0.1) is 0 Å². The van der Waals surface area contributed by atoms with Gasteiger partial charge in [0.25, 0.3) is 0 Å². The summed E-state index contributed by atoms with van der Waals surface area (Å²) in [5.41, 5.74) is 1.14. The Labute approximate surface area is 170 Å². The molecule has 1 aliphatic rings. The van der Waals surface area contributed by atoms with Crippen molar-refractivity contribution in [2.75, 3.05) is 6.61 Å². The van der Waals surface area contributed by atoms with Crippen LogP contribution in [-0.2, 0) is 15.9 Å². The van der Waals surface area contributed by atoms with Crippen LogP contribution in [0.3, 0.4) is 0 Å². The molecular formula is C24H35NO3. The first-order chi connectivity index (χ1) is 13.1. The van der Waals surface area contributed by atoms with E-state index in [1.165, 1.54) is 24.8 Å². The van der Waals surface area contributed by atoms with Gasteiger partial charge in [0.05, 0.1) is 12.6 Å². The molecule has 1 fully saturated rings. The predicted molar refractivity (Wildman–Crippen MR) is 113 cm³/mol. The number of carbonyl (C=O) groups excluding carboxylic acids is 1. The first kappa shape index (κ1) is 22.3. The maximum atomic E-state index is 12.6. The standard InChI is InChI=1S/C24H35NO3/c1-7-8-9-11-19-14-16-20(17-15-19)12-10-13-21-18-27-24(5,6)25(21)22(26)28-23(2,3)4/h14-17,21H,7-9,11,13,18H2,1-6H3/t21-/m0/s1. The Morgan fingerprint density at radius 2 is 1.93 bits per heavy atom. The summed E-state index contributed by atoms with van der Waals surface area (Å²) >= 11 is 0. The second-order valence-electron chi connectivity index (χ2n) is 8.92. The fourth-order valence-electron chi connectivity index (χ4n) is 3.32. The van der Waals surface area contributed by atoms with Gasteiger partial charge in [-0.1, -0.05) is 43.7 Å². The number of unbranched alkanes of at least 4 members (excludes halogenated alkanes) is 2. The molecule has 28 heavy (non-hydrogen) atoms. The molecule has 1 heterocycles. The lowest BCUT2D eigenvalue weighted by Crippen LogP contribution is -2.49. The van der Waals surface area contributed by atoms with E-state index in [1.54, 1.807) is 4.90 Å². The number of hydrogen-bond acceptors (Lipinski definition) is 3. The Hall–Kier alpha value is -1.99. The highest BCUT2D eigenvalue weighted by Crippen LogP contribution is 2.30. The van der Waals surface area contributed by atoms with Crippen molar-refractivity contribution in [3.63, 3.8) is 0 Å². The molecule has 0 unspecified atom stereocenters. The lowest BCUT2D eigenvalue weighted by molar-refractivity contribution is -0.0622. The summed E-state index contributed by atoms with van der Waals surface area (Å²) in [5, 5.41) is 0. The molecule has 4 heteroatoms. The molecule has 154 valence electrons. The van der Waals surface area contributed by atoms with Crippen LogP contribution in [0.25, 0.3) is 0 Å². The highest BCUT2D eigenvalue weighted by atomic mass is 16.6. The van der Waals surface area contributed by atoms with Crippen molar-refractivity contribution < 1.29 is 14.3 Å². The number of aryl methyl sites for hydroxylation is 1. The lowest BCUT2D eigenvalue weighted by atomic mass is 10.1. The van der Waals surface area contributed by atoms with Crippen molar-refractivity contribution in [2.24, 2.45) is 0 Å². The third kappa shape index (κ3) is 6.56. The molecule has 1 aliphatic heterocycles. The molecule has 0 saturated carbocycles. The minimum atomic E-state index is -0.686. The minimum Gasteiger partial charge on any atom is -0.444 e. The summed E-state index contributed by atoms with van der Waals surface area (Å²) in [6.07, 6.45) is 5.08. The van der Waals surface area contributed by atoms with Crippen LogP contribution < -0.4 is 0 Å². The van der Waals surface area contributed by atoms with E-state index >= 15 is 0 Å². The third-order valence-corrected chi connectivity index (χ3v) is 4.76. The molecule has 2 rings (SSSR count). The second kappa shape index (κ2) is 9.47. The average molecular weight is 386 g/mol. The summed E-state index contributed by atoms with van der Waals surface area (Å²) in [6, 6.07) is 8.37. The van der Waals surface area contributed by atoms with Gasteiger partial charge in [0.2, 0.25) is 0 Å². The fraction of sp³-hybridized carbons (Fsp3) is 0.625. The normalized spacial score (nSPS) is 18.5. The zero-order chi connectivity index (χ0) is 20.8. The van der Waals surface area contributed by atoms with Crippen molar-refractivity contribution in [3.8, 4) is 11.8 Å². The van der Waals surface area contributed by atoms with Crippen LogP contribution in [0.5, 0.6) is 0 Å². The molecule has 0 spiro atoms. The van der Waals surface area contributed by atoms with Crippen LogP contribution >= 0.6 is 0 Å². The van der Waals surface area contributed by atoms with Crippen molar-refractivity contribution >= 4 is 6.09 Å². The smallest absolute Gasteiger partial charge is 0.412 e. The third-order valence-electron chi connectivity index (χ3n) is 4.76. The molecule has 0 N–H and O–H groups in total. The first-order valence-corrected chi connectivity index (χ1v) is 10.4. The van der Waals surface area contributed by atoms with Gasteiger partial charge in [-0.05, 0) is 65.2 Å². The number of carbonyl (C=O) groups is 1. The van der Waals surface area contributed by atoms with Gasteiger partial charge < -0.3 is 9.47 Å². The van der Waals surface area contributed by atoms with Crippen LogP contribution in [0.2, 0.25) is 0 Å². The number of nitrogens with zero attached hydrogens (tertiary/aromatic N) is 1. The SMILES string of the molecule is CCCCCc1ccc(C#CC[C@H]2COC(C)(C)N2C(=O)OC(C)(C)C)cc1. The number of ether oxygens (including phenoxy) is 2. The van der Waals surface area contributed by atoms with Crippen molar-refractivity contribution in [3.05, 3.63) is 35.4 Å². The molecule has 0 aromatic heterocycles. The van der Waals surface area contributed by atoms with Crippen molar-refractivity contribution in [1.82, 2.24) is 4.90 Å². The Kier molecular flexibility index (Phi) is 7.55. The summed E-state index contributed by atoms with van der Waals surface area (Å²) in [5.74, 6) is 6.44. The van der Waals surface area contributed by atoms with Gasteiger partial charge in [0, 0.05) is 12.0 Å².